The van der Waals surface area contributed by atoms with Gasteiger partial charge >= 0.3 is 0 Å². The first kappa shape index (κ1) is 9.62. The molecule has 0 radical (unpaired) electrons. The van der Waals surface area contributed by atoms with Crippen molar-refractivity contribution in [2.24, 2.45) is 0 Å². The van der Waals surface area contributed by atoms with Crippen LogP contribution in [0.2, 0.25) is 0 Å². The molecular weight excluding hydrogens is 320 g/mol. The third kappa shape index (κ3) is 7.62. The fourth-order valence-electron chi connectivity index (χ4n) is 0.227. The van der Waals surface area contributed by atoms with Crippen LogP contribution in [0.5, 0.6) is 0 Å². The van der Waals surface area contributed by atoms with Crippen LogP contribution < -0.4 is 0 Å². The van der Waals surface area contributed by atoms with Gasteiger partial charge in [-0.2, -0.15) is 0 Å². The highest BCUT2D eigenvalue weighted by atomic mass is 79.9. The molecule has 0 N–H and O–H groups in total. The van der Waals surface area contributed by atoms with Gasteiger partial charge in [0, 0.05) is 11.9 Å². The highest BCUT2D eigenvalue weighted by Gasteiger charge is 1.96. The minimum absolute atomic E-state index is 0.362. The smallest absolute Gasteiger partial charge is 0.186 e. The summed E-state index contributed by atoms with van der Waals surface area (Å²) in [6.07, 6.45) is 0. The summed E-state index contributed by atoms with van der Waals surface area (Å²) < 4.78 is 5.67. The van der Waals surface area contributed by atoms with Gasteiger partial charge in [0.05, 0.1) is 3.36 Å². The molecule has 0 aromatic heterocycles. The Morgan fingerprint density at radius 1 is 1.50 bits per heavy atom. The van der Waals surface area contributed by atoms with Crippen molar-refractivity contribution in [3.8, 4) is 0 Å². The Labute approximate surface area is 76.9 Å². The van der Waals surface area contributed by atoms with Gasteiger partial charge in [-0.25, -0.2) is 0 Å². The summed E-state index contributed by atoms with van der Waals surface area (Å²) in [5, 5.41) is 0.937. The molecule has 0 spiro atoms. The van der Waals surface area contributed by atoms with Crippen molar-refractivity contribution in [2.75, 3.05) is 11.9 Å². The molecule has 0 unspecified atom stereocenters. The fraction of sp³-hybridized carbons (Fsp3) is 1.00. The van der Waals surface area contributed by atoms with Gasteiger partial charge < -0.3 is 4.43 Å². The molecule has 0 atom stereocenters. The van der Waals surface area contributed by atoms with Crippen LogP contribution in [0.3, 0.4) is 0 Å². The normalized spacial score (nSPS) is 12.0. The molecule has 0 rings (SSSR count). The zero-order chi connectivity index (χ0) is 6.41. The Hall–Kier alpha value is 1.62. The molecular formula is C3H7Br3OSi. The summed E-state index contributed by atoms with van der Waals surface area (Å²) in [7, 11) is -0.362. The number of hydrogen-bond donors (Lipinski definition) is 0. The zero-order valence-electron chi connectivity index (χ0n) is 4.24. The van der Waals surface area contributed by atoms with Crippen molar-refractivity contribution >= 4 is 57.6 Å². The molecule has 0 aromatic carbocycles. The van der Waals surface area contributed by atoms with E-state index in [0.29, 0.717) is 3.36 Å². The molecule has 0 amide bonds. The predicted molar refractivity (Wildman–Crippen MR) is 49.9 cm³/mol. The first-order valence-electron chi connectivity index (χ1n) is 2.19. The molecule has 0 saturated carbocycles. The highest BCUT2D eigenvalue weighted by Crippen LogP contribution is 2.05. The van der Waals surface area contributed by atoms with E-state index in [1.807, 2.05) is 0 Å². The van der Waals surface area contributed by atoms with Gasteiger partial charge in [0.2, 0.25) is 0 Å². The van der Waals surface area contributed by atoms with Gasteiger partial charge in [-0.05, 0) is 0 Å². The van der Waals surface area contributed by atoms with Crippen molar-refractivity contribution in [1.29, 1.82) is 0 Å². The maximum absolute atomic E-state index is 5.24. The topological polar surface area (TPSA) is 9.23 Å². The molecule has 0 heterocycles. The Bertz CT molecular complexity index is 51.8. The summed E-state index contributed by atoms with van der Waals surface area (Å²) in [5.74, 6) is 0. The summed E-state index contributed by atoms with van der Waals surface area (Å²) in [5.41, 5.74) is 0. The van der Waals surface area contributed by atoms with E-state index in [2.05, 4.69) is 47.8 Å². The van der Waals surface area contributed by atoms with E-state index in [-0.39, 0.29) is 9.76 Å². The third-order valence-electron chi connectivity index (χ3n) is 0.465. The van der Waals surface area contributed by atoms with Crippen molar-refractivity contribution in [2.45, 2.75) is 3.36 Å². The van der Waals surface area contributed by atoms with E-state index in [4.69, 9.17) is 4.43 Å². The molecule has 0 aliphatic rings. The molecule has 0 bridgehead atoms. The van der Waals surface area contributed by atoms with E-state index >= 15 is 0 Å². The average Bonchev–Trinajstić information content (AvgIpc) is 1.66. The number of halogens is 3. The summed E-state index contributed by atoms with van der Waals surface area (Å²) in [4.78, 5) is 0. The fourth-order valence-corrected chi connectivity index (χ4v) is 2.49. The van der Waals surface area contributed by atoms with Gasteiger partial charge in [0.25, 0.3) is 0 Å². The predicted octanol–water partition coefficient (Wildman–Crippen LogP) is 1.56. The van der Waals surface area contributed by atoms with Crippen LogP contribution in [-0.4, -0.2) is 25.1 Å². The van der Waals surface area contributed by atoms with Gasteiger partial charge in [-0.15, -0.1) is 0 Å². The Balaban J connectivity index is 2.72. The SMILES string of the molecule is BrCCO[SiH2]C(Br)Br. The minimum Gasteiger partial charge on any atom is -0.421 e. The summed E-state index contributed by atoms with van der Waals surface area (Å²) in [6.45, 7) is 0.833. The Morgan fingerprint density at radius 2 is 2.12 bits per heavy atom. The molecule has 0 fully saturated rings. The lowest BCUT2D eigenvalue weighted by Gasteiger charge is -1.99. The molecule has 8 heavy (non-hydrogen) atoms. The molecule has 0 aliphatic heterocycles. The zero-order valence-corrected chi connectivity index (χ0v) is 10.4. The van der Waals surface area contributed by atoms with Gasteiger partial charge in [0.15, 0.2) is 9.76 Å². The number of alkyl halides is 3. The lowest BCUT2D eigenvalue weighted by Crippen LogP contribution is -2.07. The van der Waals surface area contributed by atoms with Crippen LogP contribution in [-0.2, 0) is 4.43 Å². The highest BCUT2D eigenvalue weighted by molar-refractivity contribution is 9.25. The summed E-state index contributed by atoms with van der Waals surface area (Å²) in [6, 6.07) is 0. The number of hydrogen-bond acceptors (Lipinski definition) is 1. The Kier molecular flexibility index (Phi) is 8.09. The van der Waals surface area contributed by atoms with Crippen molar-refractivity contribution < 1.29 is 4.43 Å². The molecule has 0 saturated heterocycles. The second kappa shape index (κ2) is 6.73. The van der Waals surface area contributed by atoms with E-state index in [9.17, 15) is 0 Å². The summed E-state index contributed by atoms with van der Waals surface area (Å²) >= 11 is 9.95. The molecule has 0 aliphatic carbocycles. The second-order valence-corrected chi connectivity index (χ2v) is 9.34. The maximum atomic E-state index is 5.24. The van der Waals surface area contributed by atoms with Gasteiger partial charge in [-0.3, -0.25) is 0 Å². The van der Waals surface area contributed by atoms with Crippen LogP contribution >= 0.6 is 47.8 Å². The lowest BCUT2D eigenvalue weighted by molar-refractivity contribution is 0.368. The van der Waals surface area contributed by atoms with Crippen LogP contribution in [0.1, 0.15) is 0 Å². The quantitative estimate of drug-likeness (QED) is 0.433. The second-order valence-electron chi connectivity index (χ2n) is 1.15. The first-order chi connectivity index (χ1) is 3.77. The molecule has 0 aromatic rings. The Morgan fingerprint density at radius 3 is 2.50 bits per heavy atom. The third-order valence-corrected chi connectivity index (χ3v) is 3.15. The van der Waals surface area contributed by atoms with E-state index in [1.54, 1.807) is 0 Å². The average molecular weight is 327 g/mol. The van der Waals surface area contributed by atoms with Crippen LogP contribution in [0, 0.1) is 0 Å². The number of rotatable bonds is 4. The molecule has 5 heteroatoms. The van der Waals surface area contributed by atoms with Crippen LogP contribution in [0.15, 0.2) is 0 Å². The monoisotopic (exact) mass is 324 g/mol. The standard InChI is InChI=1S/C3H7Br3OSi/c4-1-2-7-8-3(5)6/h3H,1-2,8H2. The van der Waals surface area contributed by atoms with E-state index in [1.165, 1.54) is 0 Å². The first-order valence-corrected chi connectivity index (χ1v) is 6.54. The lowest BCUT2D eigenvalue weighted by atomic mass is 10.9. The maximum Gasteiger partial charge on any atom is 0.186 e. The van der Waals surface area contributed by atoms with E-state index < -0.39 is 0 Å². The minimum atomic E-state index is -0.362. The molecule has 1 nitrogen and oxygen atoms in total. The van der Waals surface area contributed by atoms with Crippen molar-refractivity contribution in [3.63, 3.8) is 0 Å². The van der Waals surface area contributed by atoms with Crippen molar-refractivity contribution in [3.05, 3.63) is 0 Å². The van der Waals surface area contributed by atoms with Crippen molar-refractivity contribution in [1.82, 2.24) is 0 Å². The van der Waals surface area contributed by atoms with Gasteiger partial charge in [0.1, 0.15) is 0 Å². The van der Waals surface area contributed by atoms with Crippen LogP contribution in [0.4, 0.5) is 0 Å². The largest absolute Gasteiger partial charge is 0.421 e. The van der Waals surface area contributed by atoms with Crippen LogP contribution in [0.25, 0.3) is 0 Å². The van der Waals surface area contributed by atoms with Gasteiger partial charge in [-0.1, -0.05) is 47.8 Å². The van der Waals surface area contributed by atoms with E-state index in [0.717, 1.165) is 11.9 Å². The molecule has 50 valence electrons.